The van der Waals surface area contributed by atoms with Gasteiger partial charge in [-0.25, -0.2) is 0 Å². The molecule has 0 saturated heterocycles. The zero-order valence-corrected chi connectivity index (χ0v) is 10.8. The summed E-state index contributed by atoms with van der Waals surface area (Å²) in [6.45, 7) is 0.796. The maximum atomic E-state index is 12.8. The summed E-state index contributed by atoms with van der Waals surface area (Å²) in [7, 11) is 0. The Morgan fingerprint density at radius 1 is 1.00 bits per heavy atom. The van der Waals surface area contributed by atoms with Crippen molar-refractivity contribution in [3.63, 3.8) is 0 Å². The van der Waals surface area contributed by atoms with Gasteiger partial charge in [-0.2, -0.15) is 0 Å². The van der Waals surface area contributed by atoms with Gasteiger partial charge in [-0.3, -0.25) is 4.79 Å². The SMILES string of the molecule is O=c1c2c3ccccc3[nH]c2c2cccc3c2n1CC3. The topological polar surface area (TPSA) is 37.8 Å². The number of H-pyrrole nitrogens is 1. The lowest BCUT2D eigenvalue weighted by Crippen LogP contribution is -2.17. The second-order valence-corrected chi connectivity index (χ2v) is 5.44. The van der Waals surface area contributed by atoms with E-state index in [9.17, 15) is 4.79 Å². The van der Waals surface area contributed by atoms with Crippen LogP contribution in [0.2, 0.25) is 0 Å². The Hall–Kier alpha value is -2.55. The first-order valence-electron chi connectivity index (χ1n) is 6.89. The van der Waals surface area contributed by atoms with Crippen molar-refractivity contribution in [3.8, 4) is 0 Å². The van der Waals surface area contributed by atoms with Crippen LogP contribution in [-0.2, 0) is 13.0 Å². The maximum Gasteiger partial charge on any atom is 0.261 e. The van der Waals surface area contributed by atoms with Crippen LogP contribution in [0.15, 0.2) is 47.3 Å². The van der Waals surface area contributed by atoms with E-state index in [2.05, 4.69) is 23.2 Å². The van der Waals surface area contributed by atoms with Crippen LogP contribution >= 0.6 is 0 Å². The molecule has 1 aliphatic rings. The second-order valence-electron chi connectivity index (χ2n) is 5.44. The minimum absolute atomic E-state index is 0.134. The number of nitrogens with zero attached hydrogens (tertiary/aromatic N) is 1. The Kier molecular flexibility index (Phi) is 1.70. The lowest BCUT2D eigenvalue weighted by molar-refractivity contribution is 0.748. The molecular formula is C17H12N2O. The summed E-state index contributed by atoms with van der Waals surface area (Å²) in [5.74, 6) is 0. The predicted octanol–water partition coefficient (Wildman–Crippen LogP) is 3.19. The van der Waals surface area contributed by atoms with Gasteiger partial charge < -0.3 is 9.55 Å². The van der Waals surface area contributed by atoms with Crippen molar-refractivity contribution in [1.82, 2.24) is 9.55 Å². The third kappa shape index (κ3) is 1.05. The highest BCUT2D eigenvalue weighted by Crippen LogP contribution is 2.32. The van der Waals surface area contributed by atoms with Crippen molar-refractivity contribution in [2.75, 3.05) is 0 Å². The molecule has 0 amide bonds. The molecule has 3 nitrogen and oxygen atoms in total. The van der Waals surface area contributed by atoms with E-state index < -0.39 is 0 Å². The third-order valence-electron chi connectivity index (χ3n) is 4.43. The quantitative estimate of drug-likeness (QED) is 0.518. The summed E-state index contributed by atoms with van der Waals surface area (Å²) >= 11 is 0. The fourth-order valence-electron chi connectivity index (χ4n) is 3.56. The second kappa shape index (κ2) is 3.31. The fourth-order valence-corrected chi connectivity index (χ4v) is 3.56. The number of pyridine rings is 1. The van der Waals surface area contributed by atoms with E-state index in [1.54, 1.807) is 0 Å². The summed E-state index contributed by atoms with van der Waals surface area (Å²) in [5, 5.41) is 3.01. The molecule has 3 heteroatoms. The summed E-state index contributed by atoms with van der Waals surface area (Å²) in [6.07, 6.45) is 0.955. The van der Waals surface area contributed by atoms with Gasteiger partial charge in [0.05, 0.1) is 16.4 Å². The van der Waals surface area contributed by atoms with Crippen molar-refractivity contribution in [2.24, 2.45) is 0 Å². The smallest absolute Gasteiger partial charge is 0.261 e. The monoisotopic (exact) mass is 260 g/mol. The van der Waals surface area contributed by atoms with E-state index in [4.69, 9.17) is 0 Å². The molecule has 0 atom stereocenters. The Morgan fingerprint density at radius 2 is 1.85 bits per heavy atom. The highest BCUT2D eigenvalue weighted by molar-refractivity contribution is 6.16. The Balaban J connectivity index is 2.21. The molecule has 1 aliphatic heterocycles. The van der Waals surface area contributed by atoms with Crippen LogP contribution in [-0.4, -0.2) is 9.55 Å². The highest BCUT2D eigenvalue weighted by atomic mass is 16.1. The zero-order valence-electron chi connectivity index (χ0n) is 10.8. The average Bonchev–Trinajstić information content (AvgIpc) is 3.07. The van der Waals surface area contributed by atoms with E-state index in [-0.39, 0.29) is 5.56 Å². The summed E-state index contributed by atoms with van der Waals surface area (Å²) in [6, 6.07) is 14.4. The average molecular weight is 260 g/mol. The van der Waals surface area contributed by atoms with Crippen LogP contribution in [0.5, 0.6) is 0 Å². The van der Waals surface area contributed by atoms with E-state index in [1.807, 2.05) is 28.8 Å². The van der Waals surface area contributed by atoms with Crippen molar-refractivity contribution in [1.29, 1.82) is 0 Å². The first kappa shape index (κ1) is 10.3. The zero-order chi connectivity index (χ0) is 13.3. The van der Waals surface area contributed by atoms with Gasteiger partial charge in [0.25, 0.3) is 5.56 Å². The lowest BCUT2D eigenvalue weighted by Gasteiger charge is -2.05. The molecule has 0 aliphatic carbocycles. The third-order valence-corrected chi connectivity index (χ3v) is 4.43. The first-order chi connectivity index (χ1) is 9.84. The largest absolute Gasteiger partial charge is 0.354 e. The number of aromatic nitrogens is 2. The number of aryl methyl sites for hydroxylation is 2. The molecular weight excluding hydrogens is 248 g/mol. The predicted molar refractivity (Wildman–Crippen MR) is 81.3 cm³/mol. The van der Waals surface area contributed by atoms with Gasteiger partial charge in [-0.1, -0.05) is 36.4 Å². The minimum Gasteiger partial charge on any atom is -0.354 e. The van der Waals surface area contributed by atoms with Crippen LogP contribution in [0.1, 0.15) is 5.56 Å². The molecule has 0 unspecified atom stereocenters. The number of aromatic amines is 1. The normalized spacial score (nSPS) is 13.8. The number of hydrogen-bond donors (Lipinski definition) is 1. The van der Waals surface area contributed by atoms with Gasteiger partial charge in [0.2, 0.25) is 0 Å². The Bertz CT molecular complexity index is 1070. The van der Waals surface area contributed by atoms with E-state index >= 15 is 0 Å². The summed E-state index contributed by atoms with van der Waals surface area (Å²) in [4.78, 5) is 16.3. The van der Waals surface area contributed by atoms with Crippen LogP contribution < -0.4 is 5.56 Å². The van der Waals surface area contributed by atoms with Crippen LogP contribution in [0.4, 0.5) is 0 Å². The Labute approximate surface area is 114 Å². The summed E-state index contributed by atoms with van der Waals surface area (Å²) < 4.78 is 1.94. The van der Waals surface area contributed by atoms with Crippen molar-refractivity contribution >= 4 is 32.7 Å². The number of benzene rings is 2. The number of fused-ring (bicyclic) bond motifs is 4. The van der Waals surface area contributed by atoms with Crippen molar-refractivity contribution in [2.45, 2.75) is 13.0 Å². The molecule has 96 valence electrons. The number of rotatable bonds is 0. The fraction of sp³-hybridized carbons (Fsp3) is 0.118. The van der Waals surface area contributed by atoms with Gasteiger partial charge in [-0.15, -0.1) is 0 Å². The van der Waals surface area contributed by atoms with Gasteiger partial charge in [-0.05, 0) is 18.1 Å². The summed E-state index contributed by atoms with van der Waals surface area (Å²) in [5.41, 5.74) is 4.53. The Morgan fingerprint density at radius 3 is 2.80 bits per heavy atom. The van der Waals surface area contributed by atoms with Crippen LogP contribution in [0.3, 0.4) is 0 Å². The molecule has 0 fully saturated rings. The number of para-hydroxylation sites is 2. The van der Waals surface area contributed by atoms with E-state index in [1.165, 1.54) is 5.56 Å². The number of hydrogen-bond acceptors (Lipinski definition) is 1. The molecule has 4 aromatic rings. The van der Waals surface area contributed by atoms with Gasteiger partial charge in [0, 0.05) is 22.8 Å². The van der Waals surface area contributed by atoms with Crippen molar-refractivity contribution in [3.05, 3.63) is 58.4 Å². The molecule has 5 rings (SSSR count). The molecule has 0 radical (unpaired) electrons. The van der Waals surface area contributed by atoms with Crippen LogP contribution in [0, 0.1) is 0 Å². The van der Waals surface area contributed by atoms with Gasteiger partial charge in [0.1, 0.15) is 0 Å². The molecule has 1 N–H and O–H groups in total. The maximum absolute atomic E-state index is 12.8. The molecule has 2 aromatic carbocycles. The van der Waals surface area contributed by atoms with Crippen LogP contribution in [0.25, 0.3) is 32.7 Å². The standard InChI is InChI=1S/C17H12N2O/c20-17-14-11-5-1-2-7-13(11)18-15(14)12-6-3-4-10-8-9-19(17)16(10)12/h1-7,18H,8-9H2. The van der Waals surface area contributed by atoms with Gasteiger partial charge in [0.15, 0.2) is 0 Å². The minimum atomic E-state index is 0.134. The molecule has 2 aromatic heterocycles. The van der Waals surface area contributed by atoms with E-state index in [0.29, 0.717) is 0 Å². The van der Waals surface area contributed by atoms with E-state index in [0.717, 1.165) is 45.7 Å². The molecule has 0 spiro atoms. The number of nitrogens with one attached hydrogen (secondary N) is 1. The molecule has 3 heterocycles. The lowest BCUT2D eigenvalue weighted by atomic mass is 10.1. The molecule has 0 saturated carbocycles. The molecule has 20 heavy (non-hydrogen) atoms. The first-order valence-corrected chi connectivity index (χ1v) is 6.89. The van der Waals surface area contributed by atoms with Crippen molar-refractivity contribution < 1.29 is 0 Å². The highest BCUT2D eigenvalue weighted by Gasteiger charge is 2.20. The molecule has 0 bridgehead atoms. The van der Waals surface area contributed by atoms with Gasteiger partial charge >= 0.3 is 0 Å².